The van der Waals surface area contributed by atoms with E-state index in [1.807, 2.05) is 11.8 Å². The van der Waals surface area contributed by atoms with Gasteiger partial charge in [-0.15, -0.1) is 0 Å². The minimum Gasteiger partial charge on any atom is -0.410 e. The average Bonchev–Trinajstić information content (AvgIpc) is 2.45. The van der Waals surface area contributed by atoms with Gasteiger partial charge in [0.1, 0.15) is 0 Å². The molecule has 0 aromatic heterocycles. The van der Waals surface area contributed by atoms with Crippen molar-refractivity contribution in [3.63, 3.8) is 0 Å². The van der Waals surface area contributed by atoms with Gasteiger partial charge in [-0.2, -0.15) is 11.8 Å². The summed E-state index contributed by atoms with van der Waals surface area (Å²) < 4.78 is 5.14. The number of carbonyl (C=O) groups excluding carboxylic acids is 1. The van der Waals surface area contributed by atoms with E-state index in [0.717, 1.165) is 12.2 Å². The molecule has 0 bridgehead atoms. The Kier molecular flexibility index (Phi) is 5.46. The van der Waals surface area contributed by atoms with E-state index in [4.69, 9.17) is 4.74 Å². The Morgan fingerprint density at radius 2 is 1.94 bits per heavy atom. The van der Waals surface area contributed by atoms with E-state index in [0.29, 0.717) is 5.90 Å². The fourth-order valence-electron chi connectivity index (χ4n) is 1.69. The van der Waals surface area contributed by atoms with E-state index in [1.54, 1.807) is 13.8 Å². The van der Waals surface area contributed by atoms with Gasteiger partial charge in [0, 0.05) is 20.2 Å². The van der Waals surface area contributed by atoms with Gasteiger partial charge in [-0.25, -0.2) is 9.79 Å². The highest BCUT2D eigenvalue weighted by molar-refractivity contribution is 7.99. The zero-order valence-electron chi connectivity index (χ0n) is 12.2. The Morgan fingerprint density at radius 1 is 1.28 bits per heavy atom. The first-order valence-electron chi connectivity index (χ1n) is 6.59. The second-order valence-corrected chi connectivity index (χ2v) is 13.3. The summed E-state index contributed by atoms with van der Waals surface area (Å²) in [5, 5.41) is 0. The van der Waals surface area contributed by atoms with Crippen molar-refractivity contribution in [2.75, 3.05) is 11.5 Å². The molecule has 0 N–H and O–H groups in total. The third-order valence-electron chi connectivity index (χ3n) is 2.79. The van der Waals surface area contributed by atoms with Crippen LogP contribution in [-0.2, 0) is 9.53 Å². The molecule has 1 heterocycles. The predicted octanol–water partition coefficient (Wildman–Crippen LogP) is 3.57. The third-order valence-corrected chi connectivity index (χ3v) is 5.71. The van der Waals surface area contributed by atoms with Crippen molar-refractivity contribution in [2.24, 2.45) is 4.99 Å². The van der Waals surface area contributed by atoms with Crippen molar-refractivity contribution >= 4 is 31.7 Å². The van der Waals surface area contributed by atoms with Crippen molar-refractivity contribution in [1.29, 1.82) is 0 Å². The maximum absolute atomic E-state index is 11.4. The van der Waals surface area contributed by atoms with Gasteiger partial charge in [0.05, 0.1) is 0 Å². The van der Waals surface area contributed by atoms with Gasteiger partial charge >= 0.3 is 5.97 Å². The number of rotatable bonds is 7. The molecule has 3 nitrogen and oxygen atoms in total. The minimum absolute atomic E-state index is 0.221. The van der Waals surface area contributed by atoms with Crippen molar-refractivity contribution in [3.05, 3.63) is 0 Å². The second kappa shape index (κ2) is 6.24. The molecule has 0 spiro atoms. The van der Waals surface area contributed by atoms with E-state index in [1.165, 1.54) is 18.2 Å². The van der Waals surface area contributed by atoms with Crippen LogP contribution >= 0.6 is 11.8 Å². The largest absolute Gasteiger partial charge is 0.410 e. The van der Waals surface area contributed by atoms with Crippen LogP contribution in [-0.4, -0.2) is 37.0 Å². The minimum atomic E-state index is -0.878. The van der Waals surface area contributed by atoms with Gasteiger partial charge in [0.2, 0.25) is 0 Å². The molecule has 0 unspecified atom stereocenters. The van der Waals surface area contributed by atoms with Gasteiger partial charge < -0.3 is 4.74 Å². The van der Waals surface area contributed by atoms with Crippen molar-refractivity contribution < 1.29 is 9.53 Å². The van der Waals surface area contributed by atoms with Gasteiger partial charge in [-0.1, -0.05) is 25.7 Å². The molecule has 0 amide bonds. The molecule has 0 aromatic carbocycles. The molecule has 0 aromatic rings. The maximum Gasteiger partial charge on any atom is 0.340 e. The molecule has 104 valence electrons. The summed E-state index contributed by atoms with van der Waals surface area (Å²) in [4.78, 5) is 15.7. The molecule has 0 aliphatic carbocycles. The zero-order chi connectivity index (χ0) is 13.8. The summed E-state index contributed by atoms with van der Waals surface area (Å²) in [6.07, 6.45) is 2.07. The molecule has 5 heteroatoms. The Labute approximate surface area is 116 Å². The fourth-order valence-corrected chi connectivity index (χ4v) is 4.05. The number of cyclic esters (lactones) is 1. The Morgan fingerprint density at radius 3 is 2.44 bits per heavy atom. The summed E-state index contributed by atoms with van der Waals surface area (Å²) in [6.45, 7) is 10.8. The number of aliphatic imine (C=N–C) groups is 1. The zero-order valence-corrected chi connectivity index (χ0v) is 14.0. The van der Waals surface area contributed by atoms with Crippen LogP contribution in [0.15, 0.2) is 4.99 Å². The molecule has 0 fully saturated rings. The van der Waals surface area contributed by atoms with Crippen LogP contribution in [0.4, 0.5) is 0 Å². The lowest BCUT2D eigenvalue weighted by molar-refractivity contribution is -0.137. The van der Waals surface area contributed by atoms with Gasteiger partial charge in [0.15, 0.2) is 11.4 Å². The van der Waals surface area contributed by atoms with Gasteiger partial charge in [-0.3, -0.25) is 0 Å². The van der Waals surface area contributed by atoms with E-state index in [-0.39, 0.29) is 5.97 Å². The highest BCUT2D eigenvalue weighted by atomic mass is 32.2. The average molecular weight is 288 g/mol. The number of hydrogen-bond acceptors (Lipinski definition) is 4. The van der Waals surface area contributed by atoms with E-state index >= 15 is 0 Å². The molecule has 1 aliphatic heterocycles. The van der Waals surface area contributed by atoms with Gasteiger partial charge in [0.25, 0.3) is 0 Å². The lowest BCUT2D eigenvalue weighted by Crippen LogP contribution is -2.25. The smallest absolute Gasteiger partial charge is 0.340 e. The molecule has 0 atom stereocenters. The number of esters is 1. The Hall–Kier alpha value is -0.293. The molecule has 18 heavy (non-hydrogen) atoms. The fraction of sp³-hybridized carbons (Fsp3) is 0.846. The predicted molar refractivity (Wildman–Crippen MR) is 82.3 cm³/mol. The SMILES string of the molecule is CC1(C)N=C(CCSCCC[Si](C)(C)C)OC1=O. The lowest BCUT2D eigenvalue weighted by Gasteiger charge is -2.14. The highest BCUT2D eigenvalue weighted by Crippen LogP contribution is 2.21. The second-order valence-electron chi connectivity index (χ2n) is 6.48. The third kappa shape index (κ3) is 5.57. The number of thioether (sulfide) groups is 1. The van der Waals surface area contributed by atoms with Crippen LogP contribution in [0, 0.1) is 0 Å². The maximum atomic E-state index is 11.4. The first-order valence-corrected chi connectivity index (χ1v) is 11.5. The first-order chi connectivity index (χ1) is 8.21. The summed E-state index contributed by atoms with van der Waals surface area (Å²) in [5.74, 6) is 2.59. The van der Waals surface area contributed by atoms with Crippen LogP contribution in [0.1, 0.15) is 26.7 Å². The summed E-state index contributed by atoms with van der Waals surface area (Å²) in [6, 6.07) is 1.39. The molecular formula is C13H25NO2SSi. The molecule has 0 saturated carbocycles. The van der Waals surface area contributed by atoms with Crippen molar-refractivity contribution in [1.82, 2.24) is 0 Å². The summed E-state index contributed by atoms with van der Waals surface area (Å²) in [5.41, 5.74) is -0.669. The summed E-state index contributed by atoms with van der Waals surface area (Å²) in [7, 11) is -0.878. The standard InChI is InChI=1S/C13H25NO2SSi/c1-13(2)12(15)16-11(14-13)7-9-17-8-6-10-18(3,4)5/h6-10H2,1-5H3. The van der Waals surface area contributed by atoms with Crippen LogP contribution in [0.2, 0.25) is 25.7 Å². The normalized spacial score (nSPS) is 18.7. The van der Waals surface area contributed by atoms with Gasteiger partial charge in [-0.05, 0) is 26.0 Å². The van der Waals surface area contributed by atoms with Crippen molar-refractivity contribution in [3.8, 4) is 0 Å². The molecular weight excluding hydrogens is 262 g/mol. The molecule has 0 radical (unpaired) electrons. The quantitative estimate of drug-likeness (QED) is 0.408. The molecule has 1 rings (SSSR count). The lowest BCUT2D eigenvalue weighted by atomic mass is 10.1. The number of ether oxygens (including phenoxy) is 1. The van der Waals surface area contributed by atoms with Crippen molar-refractivity contribution in [2.45, 2.75) is 57.9 Å². The van der Waals surface area contributed by atoms with E-state index in [2.05, 4.69) is 24.6 Å². The molecule has 1 aliphatic rings. The van der Waals surface area contributed by atoms with Crippen LogP contribution in [0.3, 0.4) is 0 Å². The van der Waals surface area contributed by atoms with E-state index < -0.39 is 13.6 Å². The van der Waals surface area contributed by atoms with Crippen LogP contribution in [0.25, 0.3) is 0 Å². The number of hydrogen-bond donors (Lipinski definition) is 0. The van der Waals surface area contributed by atoms with E-state index in [9.17, 15) is 4.79 Å². The highest BCUT2D eigenvalue weighted by Gasteiger charge is 2.36. The topological polar surface area (TPSA) is 38.7 Å². The Bertz CT molecular complexity index is 334. The first kappa shape index (κ1) is 15.8. The van der Waals surface area contributed by atoms with Crippen LogP contribution in [0.5, 0.6) is 0 Å². The number of carbonyl (C=O) groups is 1. The monoisotopic (exact) mass is 287 g/mol. The van der Waals surface area contributed by atoms with Crippen LogP contribution < -0.4 is 0 Å². The molecule has 0 saturated heterocycles. The summed E-state index contributed by atoms with van der Waals surface area (Å²) >= 11 is 1.93. The Balaban J connectivity index is 2.11. The number of nitrogens with zero attached hydrogens (tertiary/aromatic N) is 1.